The maximum atomic E-state index is 5.51. The number of nitrogens with one attached hydrogen (secondary N) is 1. The van der Waals surface area contributed by atoms with Crippen LogP contribution in [0, 0.1) is 0 Å². The van der Waals surface area contributed by atoms with E-state index in [1.807, 2.05) is 0 Å². The van der Waals surface area contributed by atoms with Crippen LogP contribution in [-0.4, -0.2) is 23.2 Å². The summed E-state index contributed by atoms with van der Waals surface area (Å²) in [7, 11) is 0. The first kappa shape index (κ1) is 21.9. The Kier molecular flexibility index (Phi) is 9.85. The summed E-state index contributed by atoms with van der Waals surface area (Å²) in [6, 6.07) is 8.68. The number of nitrogens with zero attached hydrogens (tertiary/aromatic N) is 2. The Morgan fingerprint density at radius 2 is 1.78 bits per heavy atom. The van der Waals surface area contributed by atoms with E-state index in [0.717, 1.165) is 31.0 Å². The standard InChI is InChI=1S/C22H33N3O.ClH/c1-2-3-4-5-6-7-8-10-18-12-14-19(15-13-18)21-24-22(26-25-21)20-11-9-16-23-17-20;/h12-15,20,23H,2-11,16-17H2,1H3;1H. The lowest BCUT2D eigenvalue weighted by Crippen LogP contribution is -2.28. The van der Waals surface area contributed by atoms with Crippen molar-refractivity contribution in [3.63, 3.8) is 0 Å². The van der Waals surface area contributed by atoms with Crippen LogP contribution in [0.1, 0.15) is 82.1 Å². The van der Waals surface area contributed by atoms with Gasteiger partial charge in [0.15, 0.2) is 0 Å². The van der Waals surface area contributed by atoms with E-state index < -0.39 is 0 Å². The first-order chi connectivity index (χ1) is 12.9. The number of aromatic nitrogens is 2. The summed E-state index contributed by atoms with van der Waals surface area (Å²) in [6.45, 7) is 4.31. The minimum absolute atomic E-state index is 0. The van der Waals surface area contributed by atoms with Crippen LogP contribution in [0.2, 0.25) is 0 Å². The number of piperidine rings is 1. The van der Waals surface area contributed by atoms with Crippen LogP contribution < -0.4 is 5.32 Å². The summed E-state index contributed by atoms with van der Waals surface area (Å²) in [5, 5.41) is 7.59. The highest BCUT2D eigenvalue weighted by Gasteiger charge is 2.21. The van der Waals surface area contributed by atoms with Gasteiger partial charge in [-0.3, -0.25) is 0 Å². The van der Waals surface area contributed by atoms with Gasteiger partial charge in [0, 0.05) is 12.1 Å². The lowest BCUT2D eigenvalue weighted by molar-refractivity contribution is 0.322. The molecule has 2 aromatic rings. The fraction of sp³-hybridized carbons (Fsp3) is 0.636. The van der Waals surface area contributed by atoms with Gasteiger partial charge in [-0.1, -0.05) is 74.9 Å². The molecule has 0 saturated carbocycles. The Hall–Kier alpha value is -1.39. The smallest absolute Gasteiger partial charge is 0.231 e. The topological polar surface area (TPSA) is 51.0 Å². The molecule has 1 aromatic carbocycles. The van der Waals surface area contributed by atoms with Crippen molar-refractivity contribution < 1.29 is 4.52 Å². The molecule has 0 radical (unpaired) electrons. The number of hydrogen-bond donors (Lipinski definition) is 1. The van der Waals surface area contributed by atoms with E-state index in [0.29, 0.717) is 11.7 Å². The van der Waals surface area contributed by atoms with Gasteiger partial charge in [-0.15, -0.1) is 12.4 Å². The third-order valence-corrected chi connectivity index (χ3v) is 5.37. The van der Waals surface area contributed by atoms with Crippen LogP contribution in [0.4, 0.5) is 0 Å². The zero-order chi connectivity index (χ0) is 18.0. The highest BCUT2D eigenvalue weighted by molar-refractivity contribution is 5.85. The minimum atomic E-state index is 0. The highest BCUT2D eigenvalue weighted by atomic mass is 35.5. The van der Waals surface area contributed by atoms with Gasteiger partial charge in [-0.2, -0.15) is 4.98 Å². The van der Waals surface area contributed by atoms with Gasteiger partial charge in [0.1, 0.15) is 0 Å². The minimum Gasteiger partial charge on any atom is -0.339 e. The fourth-order valence-electron chi connectivity index (χ4n) is 3.69. The van der Waals surface area contributed by atoms with Crippen LogP contribution in [0.25, 0.3) is 11.4 Å². The van der Waals surface area contributed by atoms with E-state index in [1.165, 1.54) is 63.4 Å². The summed E-state index contributed by atoms with van der Waals surface area (Å²) in [4.78, 5) is 4.63. The molecule has 0 spiro atoms. The lowest BCUT2D eigenvalue weighted by Gasteiger charge is -2.18. The Labute approximate surface area is 169 Å². The van der Waals surface area contributed by atoms with Gasteiger partial charge in [-0.05, 0) is 37.8 Å². The van der Waals surface area contributed by atoms with Crippen LogP contribution in [0.3, 0.4) is 0 Å². The van der Waals surface area contributed by atoms with E-state index in [-0.39, 0.29) is 12.4 Å². The van der Waals surface area contributed by atoms with Crippen molar-refractivity contribution in [3.05, 3.63) is 35.7 Å². The van der Waals surface area contributed by atoms with Gasteiger partial charge in [0.05, 0.1) is 5.92 Å². The average molecular weight is 392 g/mol. The molecule has 1 fully saturated rings. The second kappa shape index (κ2) is 12.1. The summed E-state index contributed by atoms with van der Waals surface area (Å²) < 4.78 is 5.51. The van der Waals surface area contributed by atoms with E-state index in [2.05, 4.69) is 46.6 Å². The first-order valence-electron chi connectivity index (χ1n) is 10.5. The van der Waals surface area contributed by atoms with E-state index in [4.69, 9.17) is 4.52 Å². The second-order valence-electron chi connectivity index (χ2n) is 7.57. The predicted molar refractivity (Wildman–Crippen MR) is 114 cm³/mol. The van der Waals surface area contributed by atoms with Crippen LogP contribution in [0.15, 0.2) is 28.8 Å². The second-order valence-corrected chi connectivity index (χ2v) is 7.57. The molecule has 4 nitrogen and oxygen atoms in total. The third kappa shape index (κ3) is 6.93. The number of hydrogen-bond acceptors (Lipinski definition) is 4. The average Bonchev–Trinajstić information content (AvgIpc) is 3.19. The maximum Gasteiger partial charge on any atom is 0.231 e. The Morgan fingerprint density at radius 1 is 1.04 bits per heavy atom. The molecule has 1 unspecified atom stereocenters. The molecule has 0 bridgehead atoms. The van der Waals surface area contributed by atoms with Crippen molar-refractivity contribution in [1.82, 2.24) is 15.5 Å². The summed E-state index contributed by atoms with van der Waals surface area (Å²) >= 11 is 0. The molecule has 1 aliphatic rings. The van der Waals surface area contributed by atoms with Crippen molar-refractivity contribution in [2.24, 2.45) is 0 Å². The lowest BCUT2D eigenvalue weighted by atomic mass is 10.00. The number of unbranched alkanes of at least 4 members (excludes halogenated alkanes) is 6. The SMILES string of the molecule is CCCCCCCCCc1ccc(-c2noc(C3CCCNC3)n2)cc1.Cl. The molecule has 2 heterocycles. The molecule has 0 aliphatic carbocycles. The van der Waals surface area contributed by atoms with Gasteiger partial charge in [-0.25, -0.2) is 0 Å². The molecule has 5 heteroatoms. The molecule has 27 heavy (non-hydrogen) atoms. The Balaban J connectivity index is 0.00000261. The summed E-state index contributed by atoms with van der Waals surface area (Å²) in [5.41, 5.74) is 2.45. The number of halogens is 1. The molecule has 3 rings (SSSR count). The van der Waals surface area contributed by atoms with Gasteiger partial charge in [0.2, 0.25) is 11.7 Å². The van der Waals surface area contributed by atoms with Gasteiger partial charge < -0.3 is 9.84 Å². The molecular weight excluding hydrogens is 358 g/mol. The van der Waals surface area contributed by atoms with Crippen LogP contribution in [-0.2, 0) is 6.42 Å². The molecule has 0 amide bonds. The Bertz CT molecular complexity index is 635. The quantitative estimate of drug-likeness (QED) is 0.511. The first-order valence-corrected chi connectivity index (χ1v) is 10.5. The number of rotatable bonds is 10. The van der Waals surface area contributed by atoms with Gasteiger partial charge >= 0.3 is 0 Å². The van der Waals surface area contributed by atoms with E-state index in [9.17, 15) is 0 Å². The Morgan fingerprint density at radius 3 is 2.48 bits per heavy atom. The number of benzene rings is 1. The van der Waals surface area contributed by atoms with Crippen LogP contribution >= 0.6 is 12.4 Å². The molecule has 1 aromatic heterocycles. The van der Waals surface area contributed by atoms with Crippen molar-refractivity contribution in [2.45, 2.75) is 77.0 Å². The molecule has 1 N–H and O–H groups in total. The highest BCUT2D eigenvalue weighted by Crippen LogP contribution is 2.25. The largest absolute Gasteiger partial charge is 0.339 e. The molecule has 1 saturated heterocycles. The van der Waals surface area contributed by atoms with Gasteiger partial charge in [0.25, 0.3) is 0 Å². The zero-order valence-corrected chi connectivity index (χ0v) is 17.4. The van der Waals surface area contributed by atoms with Crippen molar-refractivity contribution in [2.75, 3.05) is 13.1 Å². The zero-order valence-electron chi connectivity index (χ0n) is 16.6. The maximum absolute atomic E-state index is 5.51. The normalized spacial score (nSPS) is 16.9. The molecule has 150 valence electrons. The third-order valence-electron chi connectivity index (χ3n) is 5.37. The number of aryl methyl sites for hydroxylation is 1. The van der Waals surface area contributed by atoms with Crippen molar-refractivity contribution in [3.8, 4) is 11.4 Å². The summed E-state index contributed by atoms with van der Waals surface area (Å²) in [6.07, 6.45) is 13.0. The summed E-state index contributed by atoms with van der Waals surface area (Å²) in [5.74, 6) is 1.86. The molecular formula is C22H34ClN3O. The van der Waals surface area contributed by atoms with Crippen molar-refractivity contribution >= 4 is 12.4 Å². The van der Waals surface area contributed by atoms with Crippen molar-refractivity contribution in [1.29, 1.82) is 0 Å². The van der Waals surface area contributed by atoms with E-state index >= 15 is 0 Å². The van der Waals surface area contributed by atoms with E-state index in [1.54, 1.807) is 0 Å². The fourth-order valence-corrected chi connectivity index (χ4v) is 3.69. The predicted octanol–water partition coefficient (Wildman–Crippen LogP) is 5.92. The monoisotopic (exact) mass is 391 g/mol. The van der Waals surface area contributed by atoms with Crippen LogP contribution in [0.5, 0.6) is 0 Å². The molecule has 1 atom stereocenters. The molecule has 1 aliphatic heterocycles.